The van der Waals surface area contributed by atoms with Crippen LogP contribution in [0, 0.1) is 12.7 Å². The molecule has 1 atom stereocenters. The fourth-order valence-corrected chi connectivity index (χ4v) is 2.25. The van der Waals surface area contributed by atoms with Gasteiger partial charge in [0.1, 0.15) is 29.2 Å². The fourth-order valence-electron chi connectivity index (χ4n) is 2.25. The fraction of sp³-hybridized carbons (Fsp3) is 0.312. The summed E-state index contributed by atoms with van der Waals surface area (Å²) in [6.45, 7) is 3.01. The molecule has 0 aliphatic carbocycles. The maximum atomic E-state index is 12.8. The maximum Gasteiger partial charge on any atom is 0.275 e. The number of aryl methyl sites for hydroxylation is 1. The molecule has 2 aromatic rings. The molecule has 0 bridgehead atoms. The van der Waals surface area contributed by atoms with Gasteiger partial charge in [-0.15, -0.1) is 0 Å². The second kappa shape index (κ2) is 6.70. The number of ether oxygens (including phenoxy) is 2. The van der Waals surface area contributed by atoms with Crippen LogP contribution < -0.4 is 10.1 Å². The molecule has 1 N–H and O–H groups in total. The Balaban J connectivity index is 1.74. The molecule has 7 heteroatoms. The number of anilines is 1. The van der Waals surface area contributed by atoms with Crippen molar-refractivity contribution in [2.75, 3.05) is 18.5 Å². The van der Waals surface area contributed by atoms with Crippen molar-refractivity contribution in [3.05, 3.63) is 47.7 Å². The second-order valence-corrected chi connectivity index (χ2v) is 5.25. The van der Waals surface area contributed by atoms with Crippen LogP contribution in [-0.4, -0.2) is 35.2 Å². The molecule has 120 valence electrons. The number of carbonyl (C=O) groups excluding carboxylic acids is 1. The highest BCUT2D eigenvalue weighted by Gasteiger charge is 2.18. The van der Waals surface area contributed by atoms with E-state index in [4.69, 9.17) is 9.47 Å². The molecule has 0 saturated carbocycles. The highest BCUT2D eigenvalue weighted by molar-refractivity contribution is 6.02. The van der Waals surface area contributed by atoms with Crippen molar-refractivity contribution in [3.8, 4) is 5.75 Å². The van der Waals surface area contributed by atoms with Gasteiger partial charge in [0.2, 0.25) is 0 Å². The lowest BCUT2D eigenvalue weighted by molar-refractivity contribution is 0.102. The minimum atomic E-state index is -0.467. The van der Waals surface area contributed by atoms with E-state index in [0.717, 1.165) is 12.6 Å². The van der Waals surface area contributed by atoms with E-state index in [9.17, 15) is 9.18 Å². The average molecular weight is 317 g/mol. The predicted octanol–water partition coefficient (Wildman–Crippen LogP) is 2.34. The summed E-state index contributed by atoms with van der Waals surface area (Å²) >= 11 is 0. The van der Waals surface area contributed by atoms with Crippen molar-refractivity contribution in [2.45, 2.75) is 19.4 Å². The van der Waals surface area contributed by atoms with Crippen LogP contribution in [0.15, 0.2) is 30.5 Å². The number of aromatic nitrogens is 2. The van der Waals surface area contributed by atoms with E-state index in [2.05, 4.69) is 15.3 Å². The lowest BCUT2D eigenvalue weighted by Crippen LogP contribution is -2.18. The van der Waals surface area contributed by atoms with Gasteiger partial charge in [0.15, 0.2) is 0 Å². The van der Waals surface area contributed by atoms with Crippen LogP contribution in [-0.2, 0) is 4.74 Å². The SMILES string of the molecule is Cc1cc(O[C@H]2CCOC2)cc(C(=O)Nc2ccc(F)cn2)n1. The van der Waals surface area contributed by atoms with Crippen LogP contribution in [0.4, 0.5) is 10.2 Å². The molecule has 0 radical (unpaired) electrons. The molecule has 1 aliphatic heterocycles. The predicted molar refractivity (Wildman–Crippen MR) is 81.0 cm³/mol. The Labute approximate surface area is 132 Å². The topological polar surface area (TPSA) is 73.3 Å². The molecular weight excluding hydrogens is 301 g/mol. The van der Waals surface area contributed by atoms with E-state index >= 15 is 0 Å². The molecule has 1 amide bonds. The molecule has 6 nitrogen and oxygen atoms in total. The number of amides is 1. The minimum absolute atomic E-state index is 0.00789. The van der Waals surface area contributed by atoms with Gasteiger partial charge in [-0.25, -0.2) is 14.4 Å². The van der Waals surface area contributed by atoms with Crippen LogP contribution in [0.1, 0.15) is 22.6 Å². The molecule has 0 aromatic carbocycles. The standard InChI is InChI=1S/C16H16FN3O3/c1-10-6-13(23-12-4-5-22-9-12)7-14(19-10)16(21)20-15-3-2-11(17)8-18-15/h2-3,6-8,12H,4-5,9H2,1H3,(H,18,20,21)/t12-/m0/s1. The molecule has 1 aliphatic rings. The largest absolute Gasteiger partial charge is 0.488 e. The first-order chi connectivity index (χ1) is 11.1. The maximum absolute atomic E-state index is 12.8. The zero-order valence-corrected chi connectivity index (χ0v) is 12.6. The van der Waals surface area contributed by atoms with Gasteiger partial charge in [-0.1, -0.05) is 0 Å². The number of hydrogen-bond donors (Lipinski definition) is 1. The van der Waals surface area contributed by atoms with Gasteiger partial charge in [0.25, 0.3) is 5.91 Å². The summed E-state index contributed by atoms with van der Waals surface area (Å²) in [5.41, 5.74) is 0.878. The highest BCUT2D eigenvalue weighted by Crippen LogP contribution is 2.19. The number of pyridine rings is 2. The number of carbonyl (C=O) groups is 1. The van der Waals surface area contributed by atoms with Gasteiger partial charge in [-0.3, -0.25) is 4.79 Å². The van der Waals surface area contributed by atoms with Gasteiger partial charge < -0.3 is 14.8 Å². The summed E-state index contributed by atoms with van der Waals surface area (Å²) in [4.78, 5) is 20.2. The van der Waals surface area contributed by atoms with Crippen LogP contribution in [0.2, 0.25) is 0 Å². The molecule has 0 spiro atoms. The van der Waals surface area contributed by atoms with Crippen molar-refractivity contribution in [2.24, 2.45) is 0 Å². The summed E-state index contributed by atoms with van der Waals surface area (Å²) < 4.78 is 23.9. The molecule has 23 heavy (non-hydrogen) atoms. The Morgan fingerprint density at radius 1 is 1.43 bits per heavy atom. The first-order valence-electron chi connectivity index (χ1n) is 7.26. The lowest BCUT2D eigenvalue weighted by Gasteiger charge is -2.13. The van der Waals surface area contributed by atoms with Crippen LogP contribution >= 0.6 is 0 Å². The number of rotatable bonds is 4. The van der Waals surface area contributed by atoms with E-state index in [1.54, 1.807) is 19.1 Å². The van der Waals surface area contributed by atoms with Crippen molar-refractivity contribution in [1.29, 1.82) is 0 Å². The van der Waals surface area contributed by atoms with Crippen molar-refractivity contribution >= 4 is 11.7 Å². The monoisotopic (exact) mass is 317 g/mol. The summed E-state index contributed by atoms with van der Waals surface area (Å²) in [5.74, 6) is -0.0666. The zero-order valence-electron chi connectivity index (χ0n) is 12.6. The average Bonchev–Trinajstić information content (AvgIpc) is 3.02. The highest BCUT2D eigenvalue weighted by atomic mass is 19.1. The second-order valence-electron chi connectivity index (χ2n) is 5.25. The van der Waals surface area contributed by atoms with Gasteiger partial charge in [-0.05, 0) is 19.1 Å². The summed E-state index contributed by atoms with van der Waals surface area (Å²) in [5, 5.41) is 2.57. The third-order valence-corrected chi connectivity index (χ3v) is 3.32. The van der Waals surface area contributed by atoms with Gasteiger partial charge in [-0.2, -0.15) is 0 Å². The first-order valence-corrected chi connectivity index (χ1v) is 7.26. The van der Waals surface area contributed by atoms with E-state index < -0.39 is 11.7 Å². The molecule has 1 saturated heterocycles. The Morgan fingerprint density at radius 2 is 2.30 bits per heavy atom. The zero-order chi connectivity index (χ0) is 16.2. The number of halogens is 1. The molecule has 0 unspecified atom stereocenters. The van der Waals surface area contributed by atoms with Crippen LogP contribution in [0.3, 0.4) is 0 Å². The van der Waals surface area contributed by atoms with Crippen LogP contribution in [0.5, 0.6) is 5.75 Å². The lowest BCUT2D eigenvalue weighted by atomic mass is 10.2. The van der Waals surface area contributed by atoms with E-state index in [1.807, 2.05) is 0 Å². The van der Waals surface area contributed by atoms with Gasteiger partial charge >= 0.3 is 0 Å². The molecule has 3 rings (SSSR count). The first kappa shape index (κ1) is 15.4. The molecule has 2 aromatic heterocycles. The molecule has 3 heterocycles. The van der Waals surface area contributed by atoms with E-state index in [-0.39, 0.29) is 17.6 Å². The summed E-state index contributed by atoms with van der Waals surface area (Å²) in [7, 11) is 0. The van der Waals surface area contributed by atoms with E-state index in [1.165, 1.54) is 12.1 Å². The van der Waals surface area contributed by atoms with Crippen molar-refractivity contribution in [3.63, 3.8) is 0 Å². The Morgan fingerprint density at radius 3 is 3.00 bits per heavy atom. The Hall–Kier alpha value is -2.54. The molecule has 1 fully saturated rings. The van der Waals surface area contributed by atoms with Gasteiger partial charge in [0.05, 0.1) is 19.4 Å². The van der Waals surface area contributed by atoms with Crippen molar-refractivity contribution < 1.29 is 18.7 Å². The quantitative estimate of drug-likeness (QED) is 0.937. The summed E-state index contributed by atoms with van der Waals surface area (Å²) in [6.07, 6.45) is 1.85. The van der Waals surface area contributed by atoms with Crippen LogP contribution in [0.25, 0.3) is 0 Å². The minimum Gasteiger partial charge on any atom is -0.488 e. The Kier molecular flexibility index (Phi) is 4.47. The van der Waals surface area contributed by atoms with E-state index in [0.29, 0.717) is 24.7 Å². The summed E-state index contributed by atoms with van der Waals surface area (Å²) in [6, 6.07) is 5.95. The van der Waals surface area contributed by atoms with Gasteiger partial charge in [0, 0.05) is 24.2 Å². The molecular formula is C16H16FN3O3. The Bertz CT molecular complexity index is 700. The number of nitrogens with one attached hydrogen (secondary N) is 1. The third kappa shape index (κ3) is 4.01. The number of hydrogen-bond acceptors (Lipinski definition) is 5. The smallest absolute Gasteiger partial charge is 0.275 e. The third-order valence-electron chi connectivity index (χ3n) is 3.32. The van der Waals surface area contributed by atoms with Crippen molar-refractivity contribution in [1.82, 2.24) is 9.97 Å². The number of nitrogens with zero attached hydrogens (tertiary/aromatic N) is 2. The normalized spacial score (nSPS) is 17.0.